The minimum absolute atomic E-state index is 0.0315. The average Bonchev–Trinajstić information content (AvgIpc) is 2.63. The number of H-pyrrole nitrogens is 1. The second-order valence-electron chi connectivity index (χ2n) is 3.03. The van der Waals surface area contributed by atoms with Gasteiger partial charge in [0.2, 0.25) is 0 Å². The van der Waals surface area contributed by atoms with Crippen molar-refractivity contribution in [2.45, 2.75) is 0 Å². The Balaban J connectivity index is 3.04. The zero-order chi connectivity index (χ0) is 12.3. The van der Waals surface area contributed by atoms with Crippen LogP contribution < -0.4 is 10.5 Å². The second-order valence-corrected chi connectivity index (χ2v) is 4.92. The van der Waals surface area contributed by atoms with Crippen molar-refractivity contribution in [2.75, 3.05) is 18.8 Å². The summed E-state index contributed by atoms with van der Waals surface area (Å²) in [6.07, 6.45) is 1.24. The van der Waals surface area contributed by atoms with E-state index in [0.717, 1.165) is 4.31 Å². The van der Waals surface area contributed by atoms with Gasteiger partial charge >= 0.3 is 10.2 Å². The summed E-state index contributed by atoms with van der Waals surface area (Å²) in [4.78, 5) is 0. The Morgan fingerprint density at radius 3 is 2.81 bits per heavy atom. The SMILES string of the molecule is CN(C)S(=O)(=O)Nc1[nH]ncc1C(N)=NO. The van der Waals surface area contributed by atoms with Crippen molar-refractivity contribution in [3.63, 3.8) is 0 Å². The third-order valence-electron chi connectivity index (χ3n) is 1.73. The first-order valence-electron chi connectivity index (χ1n) is 4.10. The number of nitrogens with zero attached hydrogens (tertiary/aromatic N) is 3. The summed E-state index contributed by atoms with van der Waals surface area (Å²) in [5.74, 6) is -0.214. The van der Waals surface area contributed by atoms with E-state index >= 15 is 0 Å². The maximum absolute atomic E-state index is 11.5. The molecule has 9 nitrogen and oxygen atoms in total. The van der Waals surface area contributed by atoms with E-state index in [4.69, 9.17) is 10.9 Å². The number of nitrogens with two attached hydrogens (primary N) is 1. The van der Waals surface area contributed by atoms with E-state index in [1.807, 2.05) is 0 Å². The molecule has 0 fully saturated rings. The van der Waals surface area contributed by atoms with Crippen molar-refractivity contribution in [2.24, 2.45) is 10.9 Å². The van der Waals surface area contributed by atoms with Crippen LogP contribution >= 0.6 is 0 Å². The largest absolute Gasteiger partial charge is 0.409 e. The Kier molecular flexibility index (Phi) is 3.34. The van der Waals surface area contributed by atoms with E-state index in [0.29, 0.717) is 0 Å². The second kappa shape index (κ2) is 4.37. The van der Waals surface area contributed by atoms with Gasteiger partial charge < -0.3 is 10.9 Å². The zero-order valence-corrected chi connectivity index (χ0v) is 9.48. The molecule has 0 aromatic carbocycles. The lowest BCUT2D eigenvalue weighted by Gasteiger charge is -2.12. The maximum atomic E-state index is 11.5. The summed E-state index contributed by atoms with van der Waals surface area (Å²) in [6.45, 7) is 0. The van der Waals surface area contributed by atoms with Crippen LogP contribution in [0.15, 0.2) is 11.4 Å². The van der Waals surface area contributed by atoms with Gasteiger partial charge in [-0.3, -0.25) is 9.82 Å². The number of aromatic nitrogens is 2. The van der Waals surface area contributed by atoms with Crippen LogP contribution in [0.1, 0.15) is 5.56 Å². The molecule has 0 saturated heterocycles. The van der Waals surface area contributed by atoms with E-state index in [2.05, 4.69) is 20.1 Å². The standard InChI is InChI=1S/C6H12N6O3S/c1-12(2)16(14,15)11-6-4(3-8-9-6)5(7)10-13/h3,13H,1-2H3,(H2,7,10)(H2,8,9,11). The Bertz CT molecular complexity index is 490. The summed E-state index contributed by atoms with van der Waals surface area (Å²) in [5, 5.41) is 17.2. The molecular formula is C6H12N6O3S. The quantitative estimate of drug-likeness (QED) is 0.228. The fourth-order valence-corrected chi connectivity index (χ4v) is 1.43. The minimum atomic E-state index is -3.67. The number of rotatable bonds is 4. The summed E-state index contributed by atoms with van der Waals surface area (Å²) in [5.41, 5.74) is 5.49. The van der Waals surface area contributed by atoms with Gasteiger partial charge in [0.25, 0.3) is 0 Å². The molecule has 0 unspecified atom stereocenters. The van der Waals surface area contributed by atoms with E-state index in [1.54, 1.807) is 0 Å². The highest BCUT2D eigenvalue weighted by Gasteiger charge is 2.18. The number of aromatic amines is 1. The molecule has 10 heteroatoms. The van der Waals surface area contributed by atoms with E-state index in [-0.39, 0.29) is 17.2 Å². The smallest absolute Gasteiger partial charge is 0.302 e. The summed E-state index contributed by atoms with van der Waals surface area (Å²) >= 11 is 0. The fraction of sp³-hybridized carbons (Fsp3) is 0.333. The molecule has 0 aliphatic heterocycles. The van der Waals surface area contributed by atoms with Gasteiger partial charge in [0.05, 0.1) is 11.8 Å². The van der Waals surface area contributed by atoms with Crippen molar-refractivity contribution >= 4 is 21.9 Å². The molecule has 0 amide bonds. The van der Waals surface area contributed by atoms with Crippen LogP contribution in [-0.2, 0) is 10.2 Å². The molecule has 0 aliphatic rings. The molecule has 1 rings (SSSR count). The molecule has 90 valence electrons. The molecule has 16 heavy (non-hydrogen) atoms. The highest BCUT2D eigenvalue weighted by Crippen LogP contribution is 2.12. The van der Waals surface area contributed by atoms with Crippen LogP contribution in [0.2, 0.25) is 0 Å². The summed E-state index contributed by atoms with van der Waals surface area (Å²) in [7, 11) is -0.940. The topological polar surface area (TPSA) is 137 Å². The van der Waals surface area contributed by atoms with Gasteiger partial charge in [0, 0.05) is 14.1 Å². The Morgan fingerprint density at radius 2 is 2.31 bits per heavy atom. The first kappa shape index (κ1) is 12.3. The molecule has 1 aromatic heterocycles. The molecular weight excluding hydrogens is 236 g/mol. The number of oxime groups is 1. The lowest BCUT2D eigenvalue weighted by Crippen LogP contribution is -2.30. The van der Waals surface area contributed by atoms with E-state index in [9.17, 15) is 8.42 Å². The van der Waals surface area contributed by atoms with Crippen LogP contribution in [0.3, 0.4) is 0 Å². The van der Waals surface area contributed by atoms with Gasteiger partial charge in [-0.2, -0.15) is 17.8 Å². The highest BCUT2D eigenvalue weighted by atomic mass is 32.2. The van der Waals surface area contributed by atoms with Crippen LogP contribution in [-0.4, -0.2) is 48.1 Å². The molecule has 0 aliphatic carbocycles. The van der Waals surface area contributed by atoms with Crippen molar-refractivity contribution < 1.29 is 13.6 Å². The van der Waals surface area contributed by atoms with Gasteiger partial charge in [-0.15, -0.1) is 0 Å². The molecule has 1 aromatic rings. The van der Waals surface area contributed by atoms with E-state index in [1.165, 1.54) is 20.3 Å². The molecule has 0 bridgehead atoms. The Morgan fingerprint density at radius 1 is 1.69 bits per heavy atom. The van der Waals surface area contributed by atoms with Gasteiger partial charge in [0.1, 0.15) is 5.82 Å². The molecule has 5 N–H and O–H groups in total. The predicted octanol–water partition coefficient (Wildman–Crippen LogP) is -1.28. The lowest BCUT2D eigenvalue weighted by molar-refractivity contribution is 0.318. The van der Waals surface area contributed by atoms with Crippen molar-refractivity contribution in [3.05, 3.63) is 11.8 Å². The van der Waals surface area contributed by atoms with Crippen molar-refractivity contribution in [1.29, 1.82) is 0 Å². The van der Waals surface area contributed by atoms with Gasteiger partial charge in [-0.05, 0) is 0 Å². The number of amidine groups is 1. The van der Waals surface area contributed by atoms with Gasteiger partial charge in [0.15, 0.2) is 5.84 Å². The van der Waals surface area contributed by atoms with Crippen LogP contribution in [0.25, 0.3) is 0 Å². The average molecular weight is 248 g/mol. The monoisotopic (exact) mass is 248 g/mol. The maximum Gasteiger partial charge on any atom is 0.302 e. The number of anilines is 1. The number of hydrogen-bond acceptors (Lipinski definition) is 5. The first-order valence-corrected chi connectivity index (χ1v) is 5.54. The number of hydrogen-bond donors (Lipinski definition) is 4. The number of nitrogens with one attached hydrogen (secondary N) is 2. The summed E-state index contributed by atoms with van der Waals surface area (Å²) < 4.78 is 26.1. The van der Waals surface area contributed by atoms with Gasteiger partial charge in [-0.1, -0.05) is 5.16 Å². The third kappa shape index (κ3) is 2.41. The van der Waals surface area contributed by atoms with Crippen LogP contribution in [0.4, 0.5) is 5.82 Å². The highest BCUT2D eigenvalue weighted by molar-refractivity contribution is 7.90. The molecule has 0 saturated carbocycles. The third-order valence-corrected chi connectivity index (χ3v) is 3.16. The molecule has 0 atom stereocenters. The lowest BCUT2D eigenvalue weighted by atomic mass is 10.3. The fourth-order valence-electron chi connectivity index (χ4n) is 0.832. The normalized spacial score (nSPS) is 13.1. The minimum Gasteiger partial charge on any atom is -0.409 e. The summed E-state index contributed by atoms with van der Waals surface area (Å²) in [6, 6.07) is 0. The van der Waals surface area contributed by atoms with Gasteiger partial charge in [-0.25, -0.2) is 0 Å². The Hall–Kier alpha value is -1.81. The zero-order valence-electron chi connectivity index (χ0n) is 8.67. The molecule has 0 radical (unpaired) electrons. The van der Waals surface area contributed by atoms with Crippen LogP contribution in [0.5, 0.6) is 0 Å². The van der Waals surface area contributed by atoms with Crippen LogP contribution in [0, 0.1) is 0 Å². The Labute approximate surface area is 92.1 Å². The molecule has 0 spiro atoms. The predicted molar refractivity (Wildman–Crippen MR) is 57.3 cm³/mol. The first-order chi connectivity index (χ1) is 7.38. The van der Waals surface area contributed by atoms with E-state index < -0.39 is 10.2 Å². The van der Waals surface area contributed by atoms with Crippen molar-refractivity contribution in [3.8, 4) is 0 Å². The molecule has 1 heterocycles. The van der Waals surface area contributed by atoms with Crippen molar-refractivity contribution in [1.82, 2.24) is 14.5 Å².